The molecule has 0 amide bonds. The summed E-state index contributed by atoms with van der Waals surface area (Å²) in [6, 6.07) is 14.8. The number of aromatic amines is 1. The number of aryl methyl sites for hydroxylation is 3. The van der Waals surface area contributed by atoms with Crippen LogP contribution in [0.3, 0.4) is 0 Å². The van der Waals surface area contributed by atoms with E-state index >= 15 is 0 Å². The second kappa shape index (κ2) is 7.64. The number of nitrogens with one attached hydrogen (secondary N) is 1. The number of pyridine rings is 1. The number of rotatable bonds is 6. The molecule has 0 aliphatic carbocycles. The van der Waals surface area contributed by atoms with Crippen molar-refractivity contribution in [1.82, 2.24) is 9.97 Å². The number of fused-ring (bicyclic) bond motifs is 2. The minimum Gasteiger partial charge on any atom is -0.497 e. The van der Waals surface area contributed by atoms with E-state index in [1.807, 2.05) is 6.92 Å². The van der Waals surface area contributed by atoms with Gasteiger partial charge in [-0.15, -0.1) is 0 Å². The SMILES string of the molecule is COc1cc(C)c2[nH]c(-c3cccc4nc(C)ccc34)c(CCCCN)c2c1. The summed E-state index contributed by atoms with van der Waals surface area (Å²) in [5, 5.41) is 2.41. The van der Waals surface area contributed by atoms with Crippen LogP contribution in [-0.2, 0) is 6.42 Å². The van der Waals surface area contributed by atoms with Gasteiger partial charge >= 0.3 is 0 Å². The zero-order valence-electron chi connectivity index (χ0n) is 16.8. The molecule has 2 aromatic heterocycles. The highest BCUT2D eigenvalue weighted by Crippen LogP contribution is 2.37. The minimum absolute atomic E-state index is 0.720. The first-order valence-electron chi connectivity index (χ1n) is 9.88. The summed E-state index contributed by atoms with van der Waals surface area (Å²) < 4.78 is 5.54. The summed E-state index contributed by atoms with van der Waals surface area (Å²) in [6.45, 7) is 4.88. The molecule has 4 heteroatoms. The molecule has 4 nitrogen and oxygen atoms in total. The number of nitrogens with zero attached hydrogens (tertiary/aromatic N) is 1. The summed E-state index contributed by atoms with van der Waals surface area (Å²) in [7, 11) is 1.72. The maximum absolute atomic E-state index is 5.75. The van der Waals surface area contributed by atoms with Crippen LogP contribution in [0.1, 0.15) is 29.7 Å². The highest BCUT2D eigenvalue weighted by Gasteiger charge is 2.17. The van der Waals surface area contributed by atoms with Crippen molar-refractivity contribution in [2.24, 2.45) is 5.73 Å². The zero-order chi connectivity index (χ0) is 19.7. The average molecular weight is 374 g/mol. The lowest BCUT2D eigenvalue weighted by Gasteiger charge is -2.09. The van der Waals surface area contributed by atoms with Crippen molar-refractivity contribution in [3.05, 3.63) is 59.3 Å². The Morgan fingerprint density at radius 2 is 1.89 bits per heavy atom. The summed E-state index contributed by atoms with van der Waals surface area (Å²) in [5.41, 5.74) is 13.9. The van der Waals surface area contributed by atoms with Crippen LogP contribution in [0.25, 0.3) is 33.1 Å². The van der Waals surface area contributed by atoms with Crippen molar-refractivity contribution >= 4 is 21.8 Å². The van der Waals surface area contributed by atoms with Crippen LogP contribution in [0, 0.1) is 13.8 Å². The Morgan fingerprint density at radius 3 is 2.68 bits per heavy atom. The molecule has 0 aliphatic rings. The number of unbranched alkanes of at least 4 members (excludes halogenated alkanes) is 1. The Labute approximate surface area is 165 Å². The van der Waals surface area contributed by atoms with E-state index in [9.17, 15) is 0 Å². The van der Waals surface area contributed by atoms with Crippen LogP contribution in [0.5, 0.6) is 5.75 Å². The molecule has 0 unspecified atom stereocenters. The van der Waals surface area contributed by atoms with Gasteiger partial charge in [0.2, 0.25) is 0 Å². The van der Waals surface area contributed by atoms with Gasteiger partial charge in [0, 0.05) is 27.5 Å². The lowest BCUT2D eigenvalue weighted by molar-refractivity contribution is 0.415. The number of hydrogen-bond acceptors (Lipinski definition) is 3. The van der Waals surface area contributed by atoms with Crippen LogP contribution in [-0.4, -0.2) is 23.6 Å². The molecule has 3 N–H and O–H groups in total. The molecule has 4 rings (SSSR count). The fourth-order valence-corrected chi connectivity index (χ4v) is 4.02. The standard InChI is InChI=1S/C24H27N3O/c1-15-13-17(28-3)14-21-20(7-4-5-12-25)24(27-23(15)21)19-8-6-9-22-18(19)11-10-16(2)26-22/h6,8-11,13-14,27H,4-5,7,12,25H2,1-3H3. The molecule has 0 bridgehead atoms. The Kier molecular flexibility index (Phi) is 5.05. The van der Waals surface area contributed by atoms with Crippen molar-refractivity contribution in [2.75, 3.05) is 13.7 Å². The molecule has 28 heavy (non-hydrogen) atoms. The molecule has 0 atom stereocenters. The predicted molar refractivity (Wildman–Crippen MR) is 117 cm³/mol. The van der Waals surface area contributed by atoms with E-state index < -0.39 is 0 Å². The van der Waals surface area contributed by atoms with Crippen molar-refractivity contribution in [1.29, 1.82) is 0 Å². The number of benzene rings is 2. The van der Waals surface area contributed by atoms with E-state index in [4.69, 9.17) is 15.5 Å². The van der Waals surface area contributed by atoms with Gasteiger partial charge in [-0.3, -0.25) is 4.98 Å². The normalized spacial score (nSPS) is 11.4. The molecule has 144 valence electrons. The van der Waals surface area contributed by atoms with Crippen LogP contribution in [0.2, 0.25) is 0 Å². The van der Waals surface area contributed by atoms with E-state index in [1.54, 1.807) is 7.11 Å². The third-order valence-corrected chi connectivity index (χ3v) is 5.44. The zero-order valence-corrected chi connectivity index (χ0v) is 16.8. The van der Waals surface area contributed by atoms with E-state index in [0.717, 1.165) is 42.8 Å². The van der Waals surface area contributed by atoms with E-state index in [2.05, 4.69) is 54.4 Å². The fraction of sp³-hybridized carbons (Fsp3) is 0.292. The Morgan fingerprint density at radius 1 is 1.04 bits per heavy atom. The predicted octanol–water partition coefficient (Wildman–Crippen LogP) is 5.29. The van der Waals surface area contributed by atoms with Gasteiger partial charge in [-0.05, 0) is 75.0 Å². The van der Waals surface area contributed by atoms with E-state index in [-0.39, 0.29) is 0 Å². The quantitative estimate of drug-likeness (QED) is 0.451. The summed E-state index contributed by atoms with van der Waals surface area (Å²) in [5.74, 6) is 0.894. The van der Waals surface area contributed by atoms with Crippen LogP contribution >= 0.6 is 0 Å². The molecule has 0 spiro atoms. The van der Waals surface area contributed by atoms with Crippen molar-refractivity contribution in [3.8, 4) is 17.0 Å². The number of methoxy groups -OCH3 is 1. The van der Waals surface area contributed by atoms with Crippen LogP contribution < -0.4 is 10.5 Å². The molecule has 0 fully saturated rings. The smallest absolute Gasteiger partial charge is 0.119 e. The second-order valence-electron chi connectivity index (χ2n) is 7.42. The lowest BCUT2D eigenvalue weighted by atomic mass is 9.97. The van der Waals surface area contributed by atoms with Gasteiger partial charge in [0.1, 0.15) is 5.75 Å². The molecule has 2 heterocycles. The number of nitrogens with two attached hydrogens (primary N) is 1. The average Bonchev–Trinajstić information content (AvgIpc) is 3.06. The summed E-state index contributed by atoms with van der Waals surface area (Å²) in [4.78, 5) is 8.43. The van der Waals surface area contributed by atoms with Crippen LogP contribution in [0.4, 0.5) is 0 Å². The van der Waals surface area contributed by atoms with Gasteiger partial charge in [-0.2, -0.15) is 0 Å². The molecule has 0 saturated heterocycles. The van der Waals surface area contributed by atoms with Crippen molar-refractivity contribution < 1.29 is 4.74 Å². The summed E-state index contributed by atoms with van der Waals surface area (Å²) in [6.07, 6.45) is 3.06. The largest absolute Gasteiger partial charge is 0.497 e. The van der Waals surface area contributed by atoms with Gasteiger partial charge in [0.15, 0.2) is 0 Å². The first-order valence-corrected chi connectivity index (χ1v) is 9.88. The first kappa shape index (κ1) is 18.5. The van der Waals surface area contributed by atoms with Crippen molar-refractivity contribution in [3.63, 3.8) is 0 Å². The molecule has 0 radical (unpaired) electrons. The van der Waals surface area contributed by atoms with Gasteiger partial charge in [0.05, 0.1) is 18.3 Å². The number of H-pyrrole nitrogens is 1. The number of ether oxygens (including phenoxy) is 1. The Bertz CT molecular complexity index is 1140. The first-order chi connectivity index (χ1) is 13.6. The van der Waals surface area contributed by atoms with Gasteiger partial charge in [0.25, 0.3) is 0 Å². The molecular formula is C24H27N3O. The van der Waals surface area contributed by atoms with Crippen LogP contribution in [0.15, 0.2) is 42.5 Å². The van der Waals surface area contributed by atoms with E-state index in [1.165, 1.54) is 38.7 Å². The molecule has 2 aromatic carbocycles. The number of hydrogen-bond donors (Lipinski definition) is 2. The third-order valence-electron chi connectivity index (χ3n) is 5.44. The second-order valence-corrected chi connectivity index (χ2v) is 7.42. The topological polar surface area (TPSA) is 63.9 Å². The molecular weight excluding hydrogens is 346 g/mol. The monoisotopic (exact) mass is 373 g/mol. The molecule has 0 aliphatic heterocycles. The maximum atomic E-state index is 5.75. The van der Waals surface area contributed by atoms with E-state index in [0.29, 0.717) is 0 Å². The third kappa shape index (κ3) is 3.25. The molecule has 0 saturated carbocycles. The van der Waals surface area contributed by atoms with Crippen molar-refractivity contribution in [2.45, 2.75) is 33.1 Å². The van der Waals surface area contributed by atoms with Gasteiger partial charge in [-0.1, -0.05) is 18.2 Å². The Balaban J connectivity index is 1.98. The van der Waals surface area contributed by atoms with Gasteiger partial charge in [-0.25, -0.2) is 0 Å². The van der Waals surface area contributed by atoms with Gasteiger partial charge < -0.3 is 15.5 Å². The summed E-state index contributed by atoms with van der Waals surface area (Å²) >= 11 is 0. The number of aromatic nitrogens is 2. The maximum Gasteiger partial charge on any atom is 0.119 e. The minimum atomic E-state index is 0.720. The fourth-order valence-electron chi connectivity index (χ4n) is 4.02. The lowest BCUT2D eigenvalue weighted by Crippen LogP contribution is -1.99. The molecule has 4 aromatic rings. The highest BCUT2D eigenvalue weighted by molar-refractivity contribution is 6.00. The highest BCUT2D eigenvalue weighted by atomic mass is 16.5. The Hall–Kier alpha value is -2.85.